The Kier molecular flexibility index (Phi) is 8.16. The quantitative estimate of drug-likeness (QED) is 0.180. The van der Waals surface area contributed by atoms with Crippen molar-refractivity contribution in [2.24, 2.45) is 0 Å². The summed E-state index contributed by atoms with van der Waals surface area (Å²) in [5, 5.41) is 8.89. The van der Waals surface area contributed by atoms with Crippen LogP contribution in [0.5, 0.6) is 0 Å². The molecule has 1 aliphatic heterocycles. The van der Waals surface area contributed by atoms with Crippen LogP contribution in [0, 0.1) is 0 Å². The molecular weight excluding hydrogens is 787 g/mol. The summed E-state index contributed by atoms with van der Waals surface area (Å²) in [7, 11) is 2.47. The first-order chi connectivity index (χ1) is 30.7. The van der Waals surface area contributed by atoms with Gasteiger partial charge in [-0.2, -0.15) is 0 Å². The van der Waals surface area contributed by atoms with Gasteiger partial charge < -0.3 is 14.3 Å². The van der Waals surface area contributed by atoms with Gasteiger partial charge in [0.05, 0.1) is 5.52 Å². The number of rotatable bonds is 3. The molecule has 2 aromatic heterocycles. The van der Waals surface area contributed by atoms with Crippen LogP contribution in [0.15, 0.2) is 120 Å². The van der Waals surface area contributed by atoms with Gasteiger partial charge >= 0.3 is 0 Å². The molecule has 3 aliphatic rings. The van der Waals surface area contributed by atoms with Gasteiger partial charge in [-0.05, 0) is 145 Å². The molecule has 3 nitrogen and oxygen atoms in total. The standard InChI is InChI=1S/C61H60BN2O/c1-57(2,3)34-17-20-36(21-18-34)63-50-30-44-43-29-47-48(60(9,10)26-25-59(47,7)8)33-54(43)65-53(44)32-41(50)38-22-23-39-42-28-46-40(37-15-13-14-16-45(37)61(46,11)12)31-52(42)64-51-24-19-35(58(4,5)6)27-49(51)62-55(38)56(39)64/h13-24,27-33,63H,25-26H2,1-12H3. The van der Waals surface area contributed by atoms with Gasteiger partial charge in [-0.1, -0.05) is 149 Å². The highest BCUT2D eigenvalue weighted by atomic mass is 16.3. The van der Waals surface area contributed by atoms with Crippen LogP contribution in [0.3, 0.4) is 0 Å². The monoisotopic (exact) mass is 847 g/mol. The minimum atomic E-state index is -0.0957. The number of aromatic nitrogens is 1. The summed E-state index contributed by atoms with van der Waals surface area (Å²) >= 11 is 0. The van der Waals surface area contributed by atoms with Gasteiger partial charge in [0.1, 0.15) is 11.2 Å². The Labute approximate surface area is 385 Å². The van der Waals surface area contributed by atoms with Gasteiger partial charge in [0, 0.05) is 55.1 Å². The molecule has 0 fully saturated rings. The van der Waals surface area contributed by atoms with Crippen molar-refractivity contribution < 1.29 is 4.42 Å². The molecule has 3 heterocycles. The molecule has 0 bridgehead atoms. The van der Waals surface area contributed by atoms with Crippen molar-refractivity contribution in [2.75, 3.05) is 5.32 Å². The second-order valence-corrected chi connectivity index (χ2v) is 23.6. The van der Waals surface area contributed by atoms with Crippen LogP contribution in [-0.4, -0.2) is 11.8 Å². The number of anilines is 2. The minimum absolute atomic E-state index is 0.00244. The van der Waals surface area contributed by atoms with E-state index in [1.54, 1.807) is 0 Å². The Morgan fingerprint density at radius 2 is 1.18 bits per heavy atom. The summed E-state index contributed by atoms with van der Waals surface area (Å²) in [6.45, 7) is 28.2. The topological polar surface area (TPSA) is 30.1 Å². The lowest BCUT2D eigenvalue weighted by atomic mass is 9.58. The Hall–Kier alpha value is -6.00. The van der Waals surface area contributed by atoms with Crippen LogP contribution >= 0.6 is 0 Å². The van der Waals surface area contributed by atoms with Gasteiger partial charge in [-0.15, -0.1) is 0 Å². The lowest BCUT2D eigenvalue weighted by Gasteiger charge is -2.41. The number of nitrogens with zero attached hydrogens (tertiary/aromatic N) is 1. The third-order valence-corrected chi connectivity index (χ3v) is 16.0. The maximum atomic E-state index is 7.01. The molecule has 1 radical (unpaired) electrons. The molecule has 0 unspecified atom stereocenters. The molecule has 2 aliphatic carbocycles. The molecule has 9 aromatic rings. The Balaban J connectivity index is 1.14. The van der Waals surface area contributed by atoms with E-state index >= 15 is 0 Å². The van der Waals surface area contributed by atoms with Crippen LogP contribution < -0.4 is 16.2 Å². The predicted octanol–water partition coefficient (Wildman–Crippen LogP) is 15.3. The zero-order valence-electron chi connectivity index (χ0n) is 40.3. The molecule has 0 saturated carbocycles. The zero-order chi connectivity index (χ0) is 45.3. The predicted molar refractivity (Wildman–Crippen MR) is 278 cm³/mol. The smallest absolute Gasteiger partial charge is 0.197 e. The number of fused-ring (bicyclic) bond motifs is 12. The lowest BCUT2D eigenvalue weighted by Crippen LogP contribution is -2.38. The van der Waals surface area contributed by atoms with Crippen molar-refractivity contribution in [2.45, 2.75) is 123 Å². The van der Waals surface area contributed by atoms with Crippen LogP contribution in [0.25, 0.3) is 71.7 Å². The molecule has 323 valence electrons. The molecule has 0 spiro atoms. The van der Waals surface area contributed by atoms with Crippen LogP contribution in [0.2, 0.25) is 0 Å². The summed E-state index contributed by atoms with van der Waals surface area (Å²) in [4.78, 5) is 0. The second kappa shape index (κ2) is 13.1. The van der Waals surface area contributed by atoms with Gasteiger partial charge in [-0.3, -0.25) is 0 Å². The van der Waals surface area contributed by atoms with Crippen LogP contribution in [0.1, 0.15) is 129 Å². The molecule has 4 heteroatoms. The third kappa shape index (κ3) is 5.87. The largest absolute Gasteiger partial charge is 0.456 e. The zero-order valence-corrected chi connectivity index (χ0v) is 40.3. The first kappa shape index (κ1) is 40.5. The summed E-state index contributed by atoms with van der Waals surface area (Å²) in [5.41, 5.74) is 23.7. The van der Waals surface area contributed by atoms with Gasteiger partial charge in [0.25, 0.3) is 0 Å². The first-order valence-corrected chi connectivity index (χ1v) is 23.9. The number of hydrogen-bond acceptors (Lipinski definition) is 2. The van der Waals surface area contributed by atoms with Crippen molar-refractivity contribution >= 4 is 73.3 Å². The van der Waals surface area contributed by atoms with E-state index in [0.717, 1.165) is 39.9 Å². The maximum absolute atomic E-state index is 7.01. The van der Waals surface area contributed by atoms with Gasteiger partial charge in [-0.25, -0.2) is 0 Å². The summed E-state index contributed by atoms with van der Waals surface area (Å²) in [6.07, 6.45) is 2.33. The molecular formula is C61H60BN2O. The number of hydrogen-bond donors (Lipinski definition) is 1. The molecule has 0 saturated heterocycles. The number of nitrogens with one attached hydrogen (secondary N) is 1. The van der Waals surface area contributed by atoms with E-state index in [2.05, 4.69) is 216 Å². The highest BCUT2D eigenvalue weighted by Crippen LogP contribution is 2.52. The molecule has 7 aromatic carbocycles. The van der Waals surface area contributed by atoms with Gasteiger partial charge in [0.15, 0.2) is 7.28 Å². The molecule has 0 amide bonds. The third-order valence-electron chi connectivity index (χ3n) is 16.0. The summed E-state index contributed by atoms with van der Waals surface area (Å²) in [6, 6.07) is 44.5. The summed E-state index contributed by atoms with van der Waals surface area (Å²) in [5.74, 6) is 0. The van der Waals surface area contributed by atoms with Crippen molar-refractivity contribution in [1.82, 2.24) is 4.57 Å². The average molecular weight is 848 g/mol. The Morgan fingerprint density at radius 1 is 0.538 bits per heavy atom. The molecule has 65 heavy (non-hydrogen) atoms. The fourth-order valence-electron chi connectivity index (χ4n) is 11.9. The second-order valence-electron chi connectivity index (χ2n) is 23.6. The summed E-state index contributed by atoms with van der Waals surface area (Å²) < 4.78 is 9.58. The molecule has 1 N–H and O–H groups in total. The minimum Gasteiger partial charge on any atom is -0.456 e. The van der Waals surface area contributed by atoms with Crippen LogP contribution in [-0.2, 0) is 27.1 Å². The van der Waals surface area contributed by atoms with Crippen LogP contribution in [0.4, 0.5) is 11.4 Å². The van der Waals surface area contributed by atoms with E-state index in [9.17, 15) is 0 Å². The van der Waals surface area contributed by atoms with Crippen molar-refractivity contribution in [1.29, 1.82) is 0 Å². The molecule has 12 rings (SSSR count). The Bertz CT molecular complexity index is 3520. The van der Waals surface area contributed by atoms with E-state index in [4.69, 9.17) is 4.42 Å². The van der Waals surface area contributed by atoms with Crippen molar-refractivity contribution in [3.8, 4) is 27.9 Å². The highest BCUT2D eigenvalue weighted by molar-refractivity contribution is 6.73. The van der Waals surface area contributed by atoms with E-state index in [-0.39, 0.29) is 27.1 Å². The fourth-order valence-corrected chi connectivity index (χ4v) is 11.9. The SMILES string of the molecule is CC(C)(C)c1ccc(Nc2cc3c(cc2-c2ccc4c5cc6c(cc5n5c4c2[B]c2cc(C(C)(C)C)ccc2-5)-c2ccccc2C6(C)C)oc2cc4c(cc23)C(C)(C)CCC4(C)C)cc1. The lowest BCUT2D eigenvalue weighted by molar-refractivity contribution is 0.332. The van der Waals surface area contributed by atoms with E-state index in [1.807, 2.05) is 0 Å². The van der Waals surface area contributed by atoms with E-state index in [0.29, 0.717) is 0 Å². The number of benzene rings is 7. The maximum Gasteiger partial charge on any atom is 0.197 e. The normalized spacial score (nSPS) is 16.7. The van der Waals surface area contributed by atoms with Crippen molar-refractivity contribution in [3.05, 3.63) is 149 Å². The van der Waals surface area contributed by atoms with Crippen molar-refractivity contribution in [3.63, 3.8) is 0 Å². The number of furan rings is 1. The first-order valence-electron chi connectivity index (χ1n) is 23.9. The molecule has 0 atom stereocenters. The fraction of sp³-hybridized carbons (Fsp3) is 0.311. The Morgan fingerprint density at radius 3 is 1.91 bits per heavy atom. The van der Waals surface area contributed by atoms with Gasteiger partial charge in [0.2, 0.25) is 0 Å². The van der Waals surface area contributed by atoms with E-state index in [1.165, 1.54) is 100 Å². The van der Waals surface area contributed by atoms with E-state index < -0.39 is 0 Å². The average Bonchev–Trinajstić information content (AvgIpc) is 3.86. The highest BCUT2D eigenvalue weighted by Gasteiger charge is 2.39.